The van der Waals surface area contributed by atoms with E-state index in [1.54, 1.807) is 12.1 Å². The van der Waals surface area contributed by atoms with Gasteiger partial charge in [-0.25, -0.2) is 8.42 Å². The molecule has 2 aliphatic heterocycles. The zero-order valence-corrected chi connectivity index (χ0v) is 19.7. The van der Waals surface area contributed by atoms with Crippen molar-refractivity contribution in [2.24, 2.45) is 5.92 Å². The highest BCUT2D eigenvalue weighted by atomic mass is 32.2. The largest absolute Gasteiger partial charge is 0.340 e. The van der Waals surface area contributed by atoms with Gasteiger partial charge < -0.3 is 9.80 Å². The molecule has 2 heterocycles. The molecule has 2 saturated heterocycles. The Hall–Kier alpha value is -1.44. The lowest BCUT2D eigenvalue weighted by Gasteiger charge is -2.38. The van der Waals surface area contributed by atoms with Gasteiger partial charge in [0.1, 0.15) is 0 Å². The summed E-state index contributed by atoms with van der Waals surface area (Å²) in [5, 5.41) is 0. The molecular weight excluding hydrogens is 398 g/mol. The van der Waals surface area contributed by atoms with Crippen LogP contribution in [0.4, 0.5) is 0 Å². The number of hydrogen-bond acceptors (Lipinski definition) is 4. The molecule has 0 atom stereocenters. The van der Waals surface area contributed by atoms with Gasteiger partial charge in [-0.05, 0) is 62.0 Å². The smallest absolute Gasteiger partial charge is 0.243 e. The highest BCUT2D eigenvalue weighted by Crippen LogP contribution is 2.26. The third kappa shape index (κ3) is 5.24. The predicted molar refractivity (Wildman–Crippen MR) is 120 cm³/mol. The van der Waals surface area contributed by atoms with Gasteiger partial charge in [-0.1, -0.05) is 39.8 Å². The van der Waals surface area contributed by atoms with Crippen LogP contribution in [0.15, 0.2) is 29.2 Å². The van der Waals surface area contributed by atoms with Crippen LogP contribution in [0.1, 0.15) is 52.5 Å². The number of amides is 1. The molecule has 0 unspecified atom stereocenters. The maximum Gasteiger partial charge on any atom is 0.243 e. The number of rotatable bonds is 5. The fraction of sp³-hybridized carbons (Fsp3) is 0.696. The highest BCUT2D eigenvalue weighted by molar-refractivity contribution is 7.89. The number of nitrogens with zero attached hydrogens (tertiary/aromatic N) is 3. The van der Waals surface area contributed by atoms with E-state index in [1.807, 2.05) is 17.0 Å². The molecule has 2 aliphatic rings. The van der Waals surface area contributed by atoms with Gasteiger partial charge in [0, 0.05) is 32.1 Å². The summed E-state index contributed by atoms with van der Waals surface area (Å²) in [6.45, 7) is 13.3. The number of carbonyl (C=O) groups excluding carboxylic acids is 1. The van der Waals surface area contributed by atoms with E-state index in [0.717, 1.165) is 44.5 Å². The predicted octanol–water partition coefficient (Wildman–Crippen LogP) is 2.94. The van der Waals surface area contributed by atoms with Gasteiger partial charge in [0.25, 0.3) is 0 Å². The van der Waals surface area contributed by atoms with Crippen molar-refractivity contribution in [3.05, 3.63) is 29.8 Å². The zero-order valence-electron chi connectivity index (χ0n) is 18.9. The first kappa shape index (κ1) is 23.2. The lowest BCUT2D eigenvalue weighted by molar-refractivity contribution is -0.138. The van der Waals surface area contributed by atoms with Crippen LogP contribution in [0.3, 0.4) is 0 Å². The summed E-state index contributed by atoms with van der Waals surface area (Å²) in [5.74, 6) is 0.295. The van der Waals surface area contributed by atoms with Gasteiger partial charge in [-0.2, -0.15) is 4.31 Å². The molecule has 0 spiro atoms. The number of benzene rings is 1. The summed E-state index contributed by atoms with van der Waals surface area (Å²) in [6.07, 6.45) is 2.98. The Morgan fingerprint density at radius 1 is 0.967 bits per heavy atom. The highest BCUT2D eigenvalue weighted by Gasteiger charge is 2.33. The van der Waals surface area contributed by atoms with Crippen LogP contribution in [-0.4, -0.2) is 74.2 Å². The van der Waals surface area contributed by atoms with E-state index in [9.17, 15) is 13.2 Å². The Balaban J connectivity index is 1.56. The third-order valence-corrected chi connectivity index (χ3v) is 8.30. The van der Waals surface area contributed by atoms with Crippen LogP contribution >= 0.6 is 0 Å². The van der Waals surface area contributed by atoms with E-state index in [2.05, 4.69) is 32.6 Å². The number of piperazine rings is 1. The van der Waals surface area contributed by atoms with E-state index in [4.69, 9.17) is 0 Å². The lowest BCUT2D eigenvalue weighted by Crippen LogP contribution is -2.52. The average Bonchev–Trinajstić information content (AvgIpc) is 2.73. The van der Waals surface area contributed by atoms with E-state index >= 15 is 0 Å². The van der Waals surface area contributed by atoms with Crippen molar-refractivity contribution in [2.45, 2.75) is 57.3 Å². The molecule has 1 aromatic rings. The molecular formula is C23H37N3O3S. The number of hydrogen-bond donors (Lipinski definition) is 0. The topological polar surface area (TPSA) is 60.9 Å². The van der Waals surface area contributed by atoms with Crippen molar-refractivity contribution in [2.75, 3.05) is 45.8 Å². The Kier molecular flexibility index (Phi) is 7.25. The molecule has 0 N–H and O–H groups in total. The van der Waals surface area contributed by atoms with Crippen LogP contribution in [-0.2, 0) is 20.2 Å². The third-order valence-electron chi connectivity index (χ3n) is 6.39. The van der Waals surface area contributed by atoms with Gasteiger partial charge in [-0.3, -0.25) is 4.79 Å². The first-order chi connectivity index (χ1) is 14.1. The Bertz CT molecular complexity index is 814. The van der Waals surface area contributed by atoms with Crippen LogP contribution < -0.4 is 0 Å². The zero-order chi connectivity index (χ0) is 21.9. The minimum absolute atomic E-state index is 0.0129. The normalized spacial score (nSPS) is 20.5. The van der Waals surface area contributed by atoms with Crippen LogP contribution in [0, 0.1) is 5.92 Å². The van der Waals surface area contributed by atoms with Crippen LogP contribution in [0.2, 0.25) is 0 Å². The molecule has 0 bridgehead atoms. The van der Waals surface area contributed by atoms with E-state index in [-0.39, 0.29) is 17.2 Å². The van der Waals surface area contributed by atoms with E-state index in [0.29, 0.717) is 31.1 Å². The second-order valence-electron chi connectivity index (χ2n) is 9.62. The standard InChI is InChI=1S/C23H37N3O3S/c1-5-12-24-13-10-19(11-14-24)22(27)25-15-17-26(18-16-25)30(28,29)21-8-6-20(7-9-21)23(2,3)4/h6-9,19H,5,10-18H2,1-4H3. The Labute approximate surface area is 182 Å². The first-order valence-corrected chi connectivity index (χ1v) is 12.7. The Morgan fingerprint density at radius 3 is 2.03 bits per heavy atom. The minimum Gasteiger partial charge on any atom is -0.340 e. The van der Waals surface area contributed by atoms with E-state index < -0.39 is 10.0 Å². The average molecular weight is 436 g/mol. The number of likely N-dealkylation sites (tertiary alicyclic amines) is 1. The molecule has 0 aromatic heterocycles. The van der Waals surface area contributed by atoms with Gasteiger partial charge in [0.15, 0.2) is 0 Å². The van der Waals surface area contributed by atoms with Crippen molar-refractivity contribution in [1.29, 1.82) is 0 Å². The summed E-state index contributed by atoms with van der Waals surface area (Å²) in [4.78, 5) is 17.5. The van der Waals surface area contributed by atoms with Gasteiger partial charge in [-0.15, -0.1) is 0 Å². The maximum absolute atomic E-state index is 13.0. The summed E-state index contributed by atoms with van der Waals surface area (Å²) < 4.78 is 27.6. The van der Waals surface area contributed by atoms with Crippen LogP contribution in [0.25, 0.3) is 0 Å². The minimum atomic E-state index is -3.52. The van der Waals surface area contributed by atoms with Crippen molar-refractivity contribution in [1.82, 2.24) is 14.1 Å². The molecule has 6 nitrogen and oxygen atoms in total. The van der Waals surface area contributed by atoms with Crippen LogP contribution in [0.5, 0.6) is 0 Å². The molecule has 168 valence electrons. The molecule has 1 aromatic carbocycles. The maximum atomic E-state index is 13.0. The van der Waals surface area contributed by atoms with Crippen molar-refractivity contribution in [3.8, 4) is 0 Å². The van der Waals surface area contributed by atoms with Gasteiger partial charge in [0.2, 0.25) is 15.9 Å². The molecule has 0 saturated carbocycles. The Morgan fingerprint density at radius 2 is 1.53 bits per heavy atom. The summed E-state index contributed by atoms with van der Waals surface area (Å²) in [6, 6.07) is 7.21. The number of piperidine rings is 1. The monoisotopic (exact) mass is 435 g/mol. The molecule has 3 rings (SSSR count). The molecule has 0 radical (unpaired) electrons. The molecule has 30 heavy (non-hydrogen) atoms. The molecule has 1 amide bonds. The summed E-state index contributed by atoms with van der Waals surface area (Å²) >= 11 is 0. The SMILES string of the molecule is CCCN1CCC(C(=O)N2CCN(S(=O)(=O)c3ccc(C(C)(C)C)cc3)CC2)CC1. The fourth-order valence-corrected chi connectivity index (χ4v) is 5.82. The lowest BCUT2D eigenvalue weighted by atomic mass is 9.87. The fourth-order valence-electron chi connectivity index (χ4n) is 4.40. The van der Waals surface area contributed by atoms with Crippen molar-refractivity contribution >= 4 is 15.9 Å². The van der Waals surface area contributed by atoms with Crippen molar-refractivity contribution < 1.29 is 13.2 Å². The first-order valence-electron chi connectivity index (χ1n) is 11.2. The van der Waals surface area contributed by atoms with Gasteiger partial charge >= 0.3 is 0 Å². The quantitative estimate of drug-likeness (QED) is 0.713. The number of carbonyl (C=O) groups is 1. The van der Waals surface area contributed by atoms with E-state index in [1.165, 1.54) is 4.31 Å². The second kappa shape index (κ2) is 9.37. The summed E-state index contributed by atoms with van der Waals surface area (Å²) in [5.41, 5.74) is 1.10. The van der Waals surface area contributed by atoms with Gasteiger partial charge in [0.05, 0.1) is 4.90 Å². The molecule has 7 heteroatoms. The van der Waals surface area contributed by atoms with Crippen molar-refractivity contribution in [3.63, 3.8) is 0 Å². The summed E-state index contributed by atoms with van der Waals surface area (Å²) in [7, 11) is -3.52. The second-order valence-corrected chi connectivity index (χ2v) is 11.6. The molecule has 2 fully saturated rings. The number of sulfonamides is 1. The molecule has 0 aliphatic carbocycles.